The van der Waals surface area contributed by atoms with Crippen LogP contribution in [0.3, 0.4) is 0 Å². The Bertz CT molecular complexity index is 416. The first-order chi connectivity index (χ1) is 8.58. The van der Waals surface area contributed by atoms with Gasteiger partial charge in [-0.2, -0.15) is 5.10 Å². The highest BCUT2D eigenvalue weighted by Crippen LogP contribution is 2.21. The number of ether oxygens (including phenoxy) is 2. The smallest absolute Gasteiger partial charge is 0.255 e. The second-order valence-corrected chi connectivity index (χ2v) is 4.68. The van der Waals surface area contributed by atoms with Gasteiger partial charge in [0.25, 0.3) is 5.91 Å². The summed E-state index contributed by atoms with van der Waals surface area (Å²) in [5.41, 5.74) is 1.71. The lowest BCUT2D eigenvalue weighted by atomic mass is 10.0. The third-order valence-corrected chi connectivity index (χ3v) is 3.43. The first-order valence-electron chi connectivity index (χ1n) is 6.01. The lowest BCUT2D eigenvalue weighted by Gasteiger charge is -2.25. The normalized spacial score (nSPS) is 23.3. The zero-order valence-corrected chi connectivity index (χ0v) is 11.0. The highest BCUT2D eigenvalue weighted by Gasteiger charge is 2.35. The molecule has 2 N–H and O–H groups in total. The van der Waals surface area contributed by atoms with E-state index in [1.807, 2.05) is 13.8 Å². The summed E-state index contributed by atoms with van der Waals surface area (Å²) < 4.78 is 10.8. The summed E-state index contributed by atoms with van der Waals surface area (Å²) in [6.45, 7) is 5.29. The van der Waals surface area contributed by atoms with Crippen LogP contribution in [-0.2, 0) is 9.47 Å². The molecule has 1 atom stereocenters. The van der Waals surface area contributed by atoms with Gasteiger partial charge >= 0.3 is 0 Å². The number of carbonyl (C=O) groups excluding carboxylic acids is 1. The number of amides is 1. The molecular weight excluding hydrogens is 234 g/mol. The summed E-state index contributed by atoms with van der Waals surface area (Å²) in [6, 6.07) is 0. The minimum atomic E-state index is -0.388. The SMILES string of the molecule is COC1(CNC(=O)c2c(C)n[nH]c2C)CCOC1. The third kappa shape index (κ3) is 2.39. The molecule has 18 heavy (non-hydrogen) atoms. The molecule has 1 unspecified atom stereocenters. The maximum Gasteiger partial charge on any atom is 0.255 e. The monoisotopic (exact) mass is 253 g/mol. The van der Waals surface area contributed by atoms with E-state index in [0.717, 1.165) is 12.1 Å². The highest BCUT2D eigenvalue weighted by atomic mass is 16.5. The molecule has 1 saturated heterocycles. The number of rotatable bonds is 4. The average Bonchev–Trinajstić information content (AvgIpc) is 2.95. The van der Waals surface area contributed by atoms with Gasteiger partial charge < -0.3 is 14.8 Å². The van der Waals surface area contributed by atoms with Gasteiger partial charge in [-0.15, -0.1) is 0 Å². The minimum absolute atomic E-state index is 0.123. The highest BCUT2D eigenvalue weighted by molar-refractivity contribution is 5.96. The molecule has 1 fully saturated rings. The number of hydrogen-bond acceptors (Lipinski definition) is 4. The van der Waals surface area contributed by atoms with Gasteiger partial charge in [0.2, 0.25) is 0 Å². The molecule has 0 aromatic carbocycles. The molecule has 100 valence electrons. The maximum atomic E-state index is 12.1. The van der Waals surface area contributed by atoms with Crippen molar-refractivity contribution in [2.24, 2.45) is 0 Å². The van der Waals surface area contributed by atoms with E-state index >= 15 is 0 Å². The van der Waals surface area contributed by atoms with Crippen LogP contribution in [0, 0.1) is 13.8 Å². The number of methoxy groups -OCH3 is 1. The average molecular weight is 253 g/mol. The number of aromatic nitrogens is 2. The van der Waals surface area contributed by atoms with E-state index < -0.39 is 0 Å². The van der Waals surface area contributed by atoms with Gasteiger partial charge in [0.05, 0.1) is 17.9 Å². The van der Waals surface area contributed by atoms with Crippen LogP contribution in [0.2, 0.25) is 0 Å². The van der Waals surface area contributed by atoms with E-state index in [1.165, 1.54) is 0 Å². The van der Waals surface area contributed by atoms with Crippen LogP contribution in [0.25, 0.3) is 0 Å². The first kappa shape index (κ1) is 13.0. The van der Waals surface area contributed by atoms with Gasteiger partial charge in [0, 0.05) is 32.4 Å². The van der Waals surface area contributed by atoms with Crippen molar-refractivity contribution in [3.8, 4) is 0 Å². The molecule has 0 bridgehead atoms. The number of aromatic amines is 1. The van der Waals surface area contributed by atoms with Crippen LogP contribution >= 0.6 is 0 Å². The number of nitrogens with zero attached hydrogens (tertiary/aromatic N) is 1. The Balaban J connectivity index is 2.00. The molecule has 1 aliphatic rings. The summed E-state index contributed by atoms with van der Waals surface area (Å²) in [5, 5.41) is 9.71. The molecule has 1 aromatic rings. The van der Waals surface area contributed by atoms with E-state index in [-0.39, 0.29) is 11.5 Å². The van der Waals surface area contributed by atoms with Gasteiger partial charge in [-0.25, -0.2) is 0 Å². The molecule has 2 rings (SSSR count). The molecule has 0 radical (unpaired) electrons. The first-order valence-corrected chi connectivity index (χ1v) is 6.01. The van der Waals surface area contributed by atoms with Gasteiger partial charge in [0.15, 0.2) is 0 Å². The van der Waals surface area contributed by atoms with Crippen molar-refractivity contribution < 1.29 is 14.3 Å². The lowest BCUT2D eigenvalue weighted by molar-refractivity contribution is -0.0148. The molecule has 1 aliphatic heterocycles. The van der Waals surface area contributed by atoms with E-state index in [1.54, 1.807) is 7.11 Å². The lowest BCUT2D eigenvalue weighted by Crippen LogP contribution is -2.45. The molecule has 6 heteroatoms. The zero-order chi connectivity index (χ0) is 13.2. The van der Waals surface area contributed by atoms with Gasteiger partial charge in [-0.3, -0.25) is 9.89 Å². The van der Waals surface area contributed by atoms with Crippen LogP contribution in [0.1, 0.15) is 28.2 Å². The molecule has 2 heterocycles. The second kappa shape index (κ2) is 5.07. The van der Waals surface area contributed by atoms with Gasteiger partial charge in [-0.05, 0) is 13.8 Å². The summed E-state index contributed by atoms with van der Waals surface area (Å²) >= 11 is 0. The number of carbonyl (C=O) groups is 1. The Morgan fingerprint density at radius 2 is 2.39 bits per heavy atom. The van der Waals surface area contributed by atoms with Gasteiger partial charge in [0.1, 0.15) is 5.60 Å². The van der Waals surface area contributed by atoms with Crippen LogP contribution in [0.5, 0.6) is 0 Å². The van der Waals surface area contributed by atoms with E-state index in [2.05, 4.69) is 15.5 Å². The van der Waals surface area contributed by atoms with Crippen LogP contribution in [0.4, 0.5) is 0 Å². The van der Waals surface area contributed by atoms with Crippen molar-refractivity contribution in [3.05, 3.63) is 17.0 Å². The molecular formula is C12H19N3O3. The summed E-state index contributed by atoms with van der Waals surface area (Å²) in [4.78, 5) is 12.1. The summed E-state index contributed by atoms with van der Waals surface area (Å²) in [7, 11) is 1.65. The van der Waals surface area contributed by atoms with Crippen molar-refractivity contribution >= 4 is 5.91 Å². The number of nitrogens with one attached hydrogen (secondary N) is 2. The van der Waals surface area contributed by atoms with Crippen molar-refractivity contribution in [1.29, 1.82) is 0 Å². The fraction of sp³-hybridized carbons (Fsp3) is 0.667. The fourth-order valence-electron chi connectivity index (χ4n) is 2.18. The molecule has 0 saturated carbocycles. The number of H-pyrrole nitrogens is 1. The number of hydrogen-bond donors (Lipinski definition) is 2. The maximum absolute atomic E-state index is 12.1. The van der Waals surface area contributed by atoms with E-state index in [9.17, 15) is 4.79 Å². The molecule has 6 nitrogen and oxygen atoms in total. The van der Waals surface area contributed by atoms with Gasteiger partial charge in [-0.1, -0.05) is 0 Å². The van der Waals surface area contributed by atoms with Crippen LogP contribution in [-0.4, -0.2) is 48.6 Å². The fourth-order valence-corrected chi connectivity index (χ4v) is 2.18. The summed E-state index contributed by atoms with van der Waals surface area (Å²) in [5.74, 6) is -0.123. The summed E-state index contributed by atoms with van der Waals surface area (Å²) in [6.07, 6.45) is 0.799. The predicted octanol–water partition coefficient (Wildman–Crippen LogP) is 0.562. The second-order valence-electron chi connectivity index (χ2n) is 4.68. The van der Waals surface area contributed by atoms with E-state index in [0.29, 0.717) is 31.0 Å². The Kier molecular flexibility index (Phi) is 3.68. The van der Waals surface area contributed by atoms with E-state index in [4.69, 9.17) is 9.47 Å². The molecule has 0 aliphatic carbocycles. The molecule has 0 spiro atoms. The third-order valence-electron chi connectivity index (χ3n) is 3.43. The van der Waals surface area contributed by atoms with Crippen LogP contribution in [0.15, 0.2) is 0 Å². The van der Waals surface area contributed by atoms with Crippen molar-refractivity contribution in [1.82, 2.24) is 15.5 Å². The standard InChI is InChI=1S/C12H19N3O3/c1-8-10(9(2)15-14-8)11(16)13-6-12(17-3)4-5-18-7-12/h4-7H2,1-3H3,(H,13,16)(H,14,15). The van der Waals surface area contributed by atoms with Crippen molar-refractivity contribution in [2.75, 3.05) is 26.9 Å². The zero-order valence-electron chi connectivity index (χ0n) is 11.0. The topological polar surface area (TPSA) is 76.2 Å². The quantitative estimate of drug-likeness (QED) is 0.822. The molecule has 1 amide bonds. The van der Waals surface area contributed by atoms with Crippen LogP contribution < -0.4 is 5.32 Å². The van der Waals surface area contributed by atoms with Crippen molar-refractivity contribution in [2.45, 2.75) is 25.9 Å². The Morgan fingerprint density at radius 3 is 2.89 bits per heavy atom. The molecule has 1 aromatic heterocycles. The van der Waals surface area contributed by atoms with Crippen molar-refractivity contribution in [3.63, 3.8) is 0 Å². The predicted molar refractivity (Wildman–Crippen MR) is 65.6 cm³/mol. The Labute approximate surface area is 106 Å². The Morgan fingerprint density at radius 1 is 1.61 bits per heavy atom. The number of aryl methyl sites for hydroxylation is 2. The largest absolute Gasteiger partial charge is 0.378 e. The Hall–Kier alpha value is -1.40. The minimum Gasteiger partial charge on any atom is -0.378 e.